The van der Waals surface area contributed by atoms with Crippen LogP contribution in [0.15, 0.2) is 24.4 Å². The molecule has 1 atom stereocenters. The van der Waals surface area contributed by atoms with Gasteiger partial charge in [0.05, 0.1) is 5.52 Å². The highest BCUT2D eigenvalue weighted by molar-refractivity contribution is 5.58. The second-order valence-electron chi connectivity index (χ2n) is 3.86. The van der Waals surface area contributed by atoms with E-state index in [1.54, 1.807) is 0 Å². The summed E-state index contributed by atoms with van der Waals surface area (Å²) in [5.74, 6) is 1.18. The average Bonchev–Trinajstić information content (AvgIpc) is 2.68. The van der Waals surface area contributed by atoms with Crippen LogP contribution in [0.3, 0.4) is 0 Å². The molecule has 0 aliphatic carbocycles. The maximum Gasteiger partial charge on any atom is 0.166 e. The van der Waals surface area contributed by atoms with Crippen molar-refractivity contribution >= 4 is 5.52 Å². The molecule has 2 N–H and O–H groups in total. The van der Waals surface area contributed by atoms with Crippen molar-refractivity contribution in [3.05, 3.63) is 35.9 Å². The first-order valence-electron chi connectivity index (χ1n) is 5.35. The molecule has 0 fully saturated rings. The van der Waals surface area contributed by atoms with E-state index in [-0.39, 0.29) is 5.92 Å². The normalized spacial score (nSPS) is 12.6. The maximum absolute atomic E-state index is 9.01. The first-order chi connectivity index (χ1) is 7.77. The zero-order valence-electron chi connectivity index (χ0n) is 9.22. The number of aromatic nitrogens is 2. The van der Waals surface area contributed by atoms with Gasteiger partial charge in [0.25, 0.3) is 0 Å². The van der Waals surface area contributed by atoms with Gasteiger partial charge in [0.1, 0.15) is 11.9 Å². The highest BCUT2D eigenvalue weighted by Gasteiger charge is 2.14. The number of imidazole rings is 1. The number of pyridine rings is 1. The number of fused-ring (bicyclic) bond motifs is 1. The van der Waals surface area contributed by atoms with Gasteiger partial charge in [-0.1, -0.05) is 13.0 Å². The fraction of sp³-hybridized carbons (Fsp3) is 0.333. The minimum Gasteiger partial charge on any atom is -0.330 e. The number of nitrogens with zero attached hydrogens (tertiary/aromatic N) is 3. The molecule has 0 radical (unpaired) electrons. The van der Waals surface area contributed by atoms with Crippen LogP contribution in [0.5, 0.6) is 0 Å². The molecule has 82 valence electrons. The average molecular weight is 214 g/mol. The Hall–Kier alpha value is -1.86. The van der Waals surface area contributed by atoms with Crippen LogP contribution in [-0.4, -0.2) is 15.9 Å². The largest absolute Gasteiger partial charge is 0.330 e. The highest BCUT2D eigenvalue weighted by Crippen LogP contribution is 2.21. The number of hydrogen-bond acceptors (Lipinski definition) is 3. The third-order valence-corrected chi connectivity index (χ3v) is 2.72. The van der Waals surface area contributed by atoms with Crippen LogP contribution in [0, 0.1) is 11.3 Å². The molecule has 2 rings (SSSR count). The summed E-state index contributed by atoms with van der Waals surface area (Å²) in [7, 11) is 0. The Kier molecular flexibility index (Phi) is 2.88. The Labute approximate surface area is 94.3 Å². The van der Waals surface area contributed by atoms with Crippen molar-refractivity contribution in [3.8, 4) is 6.07 Å². The smallest absolute Gasteiger partial charge is 0.166 e. The molecule has 1 unspecified atom stereocenters. The summed E-state index contributed by atoms with van der Waals surface area (Å²) in [5.41, 5.74) is 6.90. The second kappa shape index (κ2) is 4.33. The molecule has 0 amide bonds. The lowest BCUT2D eigenvalue weighted by molar-refractivity contribution is 0.644. The molecule has 2 heterocycles. The van der Waals surface area contributed by atoms with Gasteiger partial charge in [-0.25, -0.2) is 4.98 Å². The molecule has 0 aromatic carbocycles. The molecule has 4 nitrogen and oxygen atoms in total. The van der Waals surface area contributed by atoms with Gasteiger partial charge in [-0.3, -0.25) is 0 Å². The summed E-state index contributed by atoms with van der Waals surface area (Å²) in [4.78, 5) is 4.37. The summed E-state index contributed by atoms with van der Waals surface area (Å²) in [5, 5.41) is 9.01. The Bertz CT molecular complexity index is 535. The van der Waals surface area contributed by atoms with Crippen molar-refractivity contribution in [2.45, 2.75) is 19.3 Å². The van der Waals surface area contributed by atoms with Gasteiger partial charge in [0.15, 0.2) is 5.69 Å². The first kappa shape index (κ1) is 10.7. The van der Waals surface area contributed by atoms with Crippen LogP contribution >= 0.6 is 0 Å². The van der Waals surface area contributed by atoms with E-state index in [2.05, 4.69) is 18.0 Å². The summed E-state index contributed by atoms with van der Waals surface area (Å²) < 4.78 is 1.97. The second-order valence-corrected chi connectivity index (χ2v) is 3.86. The Morgan fingerprint density at radius 2 is 2.38 bits per heavy atom. The predicted molar refractivity (Wildman–Crippen MR) is 62.0 cm³/mol. The molecule has 0 saturated carbocycles. The first-order valence-corrected chi connectivity index (χ1v) is 5.35. The lowest BCUT2D eigenvalue weighted by Crippen LogP contribution is -2.07. The summed E-state index contributed by atoms with van der Waals surface area (Å²) in [6.07, 6.45) is 2.81. The molecule has 4 heteroatoms. The molecule has 0 aliphatic rings. The van der Waals surface area contributed by atoms with Crippen molar-refractivity contribution in [2.24, 2.45) is 5.73 Å². The van der Waals surface area contributed by atoms with Gasteiger partial charge >= 0.3 is 0 Å². The molecule has 16 heavy (non-hydrogen) atoms. The van der Waals surface area contributed by atoms with Crippen LogP contribution in [0.2, 0.25) is 0 Å². The van der Waals surface area contributed by atoms with E-state index < -0.39 is 0 Å². The molecule has 2 aromatic heterocycles. The van der Waals surface area contributed by atoms with Gasteiger partial charge in [0.2, 0.25) is 0 Å². The molecule has 0 bridgehead atoms. The lowest BCUT2D eigenvalue weighted by Gasteiger charge is -2.08. The Morgan fingerprint density at radius 1 is 1.56 bits per heavy atom. The quantitative estimate of drug-likeness (QED) is 0.844. The number of nitriles is 1. The van der Waals surface area contributed by atoms with E-state index in [9.17, 15) is 0 Å². The molecular weight excluding hydrogens is 200 g/mol. The fourth-order valence-electron chi connectivity index (χ4n) is 1.87. The SMILES string of the molecule is CC(CCN)c1nc(C#N)c2ccccn12. The van der Waals surface area contributed by atoms with E-state index >= 15 is 0 Å². The van der Waals surface area contributed by atoms with Gasteiger partial charge < -0.3 is 10.1 Å². The van der Waals surface area contributed by atoms with Crippen molar-refractivity contribution < 1.29 is 0 Å². The minimum absolute atomic E-state index is 0.266. The summed E-state index contributed by atoms with van der Waals surface area (Å²) >= 11 is 0. The van der Waals surface area contributed by atoms with Crippen molar-refractivity contribution in [2.75, 3.05) is 6.54 Å². The van der Waals surface area contributed by atoms with Crippen LogP contribution in [-0.2, 0) is 0 Å². The third kappa shape index (κ3) is 1.66. The van der Waals surface area contributed by atoms with Crippen LogP contribution in [0.4, 0.5) is 0 Å². The van der Waals surface area contributed by atoms with Crippen molar-refractivity contribution in [3.63, 3.8) is 0 Å². The third-order valence-electron chi connectivity index (χ3n) is 2.72. The van der Waals surface area contributed by atoms with Crippen LogP contribution in [0.25, 0.3) is 5.52 Å². The predicted octanol–water partition coefficient (Wildman–Crippen LogP) is 1.66. The maximum atomic E-state index is 9.01. The van der Waals surface area contributed by atoms with Gasteiger partial charge in [-0.2, -0.15) is 5.26 Å². The zero-order valence-corrected chi connectivity index (χ0v) is 9.22. The minimum atomic E-state index is 0.266. The monoisotopic (exact) mass is 214 g/mol. The summed E-state index contributed by atoms with van der Waals surface area (Å²) in [6.45, 7) is 2.71. The van der Waals surface area contributed by atoms with Crippen molar-refractivity contribution in [1.82, 2.24) is 9.38 Å². The Balaban J connectivity index is 2.58. The fourth-order valence-corrected chi connectivity index (χ4v) is 1.87. The van der Waals surface area contributed by atoms with E-state index in [0.29, 0.717) is 12.2 Å². The van der Waals surface area contributed by atoms with E-state index in [1.165, 1.54) is 0 Å². The topological polar surface area (TPSA) is 67.1 Å². The number of hydrogen-bond donors (Lipinski definition) is 1. The molecule has 2 aromatic rings. The molecule has 0 saturated heterocycles. The molecular formula is C12H14N4. The molecule has 0 spiro atoms. The van der Waals surface area contributed by atoms with Gasteiger partial charge in [0, 0.05) is 12.1 Å². The standard InChI is InChI=1S/C12H14N4/c1-9(5-6-13)12-15-10(8-14)11-4-2-3-7-16(11)12/h2-4,7,9H,5-6,13H2,1H3. The number of rotatable bonds is 3. The van der Waals surface area contributed by atoms with E-state index in [4.69, 9.17) is 11.0 Å². The number of nitrogens with two attached hydrogens (primary N) is 1. The van der Waals surface area contributed by atoms with E-state index in [1.807, 2.05) is 28.8 Å². The lowest BCUT2D eigenvalue weighted by atomic mass is 10.1. The van der Waals surface area contributed by atoms with Gasteiger partial charge in [-0.05, 0) is 25.1 Å². The summed E-state index contributed by atoms with van der Waals surface area (Å²) in [6, 6.07) is 7.88. The zero-order chi connectivity index (χ0) is 11.5. The van der Waals surface area contributed by atoms with Crippen LogP contribution < -0.4 is 5.73 Å². The molecule has 0 aliphatic heterocycles. The van der Waals surface area contributed by atoms with Gasteiger partial charge in [-0.15, -0.1) is 0 Å². The van der Waals surface area contributed by atoms with Crippen LogP contribution in [0.1, 0.15) is 30.8 Å². The van der Waals surface area contributed by atoms with Crippen molar-refractivity contribution in [1.29, 1.82) is 5.26 Å². The Morgan fingerprint density at radius 3 is 3.06 bits per heavy atom. The van der Waals surface area contributed by atoms with E-state index in [0.717, 1.165) is 17.8 Å². The highest BCUT2D eigenvalue weighted by atomic mass is 15.0.